The molecule has 0 saturated heterocycles. The molecule has 0 aliphatic heterocycles. The Bertz CT molecular complexity index is 763. The first-order chi connectivity index (χ1) is 13.4. The number of ether oxygens (including phenoxy) is 2. The molecule has 1 saturated carbocycles. The largest absolute Gasteiger partial charge is 0.483 e. The number of nitro groups is 1. The molecular weight excluding hydrogens is 392 g/mol. The topological polar surface area (TPSA) is 116 Å². The minimum Gasteiger partial charge on any atom is -0.483 e. The summed E-state index contributed by atoms with van der Waals surface area (Å²) < 4.78 is 10.1. The number of carbonyl (C=O) groups excluding carboxylic acids is 3. The lowest BCUT2D eigenvalue weighted by molar-refractivity contribution is -0.385. The van der Waals surface area contributed by atoms with Crippen molar-refractivity contribution < 1.29 is 28.8 Å². The summed E-state index contributed by atoms with van der Waals surface area (Å²) in [4.78, 5) is 47.5. The van der Waals surface area contributed by atoms with Gasteiger partial charge in [0.2, 0.25) is 0 Å². The van der Waals surface area contributed by atoms with Crippen molar-refractivity contribution in [2.75, 3.05) is 20.3 Å². The molecule has 0 atom stereocenters. The average Bonchev–Trinajstić information content (AvgIpc) is 2.70. The Labute approximate surface area is 166 Å². The van der Waals surface area contributed by atoms with Gasteiger partial charge in [-0.05, 0) is 25.0 Å². The summed E-state index contributed by atoms with van der Waals surface area (Å²) in [7, 11) is 1.24. The van der Waals surface area contributed by atoms with Crippen LogP contribution in [0, 0.1) is 10.1 Å². The van der Waals surface area contributed by atoms with Crippen molar-refractivity contribution in [2.45, 2.75) is 38.1 Å². The Kier molecular flexibility index (Phi) is 7.74. The van der Waals surface area contributed by atoms with Crippen LogP contribution in [0.1, 0.15) is 42.5 Å². The molecule has 1 aliphatic rings. The summed E-state index contributed by atoms with van der Waals surface area (Å²) in [5.41, 5.74) is -0.928. The van der Waals surface area contributed by atoms with Gasteiger partial charge >= 0.3 is 11.7 Å². The molecule has 0 bridgehead atoms. The lowest BCUT2D eigenvalue weighted by atomic mass is 9.94. The number of nitrogens with zero attached hydrogens (tertiary/aromatic N) is 2. The first kappa shape index (κ1) is 21.6. The summed E-state index contributed by atoms with van der Waals surface area (Å²) in [5.74, 6) is -1.14. The number of rotatable bonds is 8. The van der Waals surface area contributed by atoms with Crippen molar-refractivity contribution in [1.82, 2.24) is 4.90 Å². The number of amides is 1. The van der Waals surface area contributed by atoms with E-state index in [9.17, 15) is 24.5 Å². The molecule has 0 unspecified atom stereocenters. The molecule has 1 aromatic rings. The number of halogens is 1. The second-order valence-electron chi connectivity index (χ2n) is 6.36. The van der Waals surface area contributed by atoms with Gasteiger partial charge in [-0.2, -0.15) is 0 Å². The minimum absolute atomic E-state index is 0.103. The molecule has 1 amide bonds. The highest BCUT2D eigenvalue weighted by atomic mass is 35.5. The van der Waals surface area contributed by atoms with E-state index < -0.39 is 29.1 Å². The summed E-state index contributed by atoms with van der Waals surface area (Å²) in [6.45, 7) is -0.683. The van der Waals surface area contributed by atoms with Gasteiger partial charge in [0, 0.05) is 6.04 Å². The monoisotopic (exact) mass is 412 g/mol. The fourth-order valence-corrected chi connectivity index (χ4v) is 3.46. The Morgan fingerprint density at radius 1 is 1.32 bits per heavy atom. The van der Waals surface area contributed by atoms with Crippen LogP contribution in [-0.2, 0) is 14.3 Å². The van der Waals surface area contributed by atoms with E-state index in [1.807, 2.05) is 0 Å². The van der Waals surface area contributed by atoms with Crippen LogP contribution in [0.15, 0.2) is 12.1 Å². The summed E-state index contributed by atoms with van der Waals surface area (Å²) in [5, 5.41) is 10.9. The van der Waals surface area contributed by atoms with Gasteiger partial charge in [0.1, 0.15) is 22.9 Å². The van der Waals surface area contributed by atoms with E-state index in [0.29, 0.717) is 0 Å². The van der Waals surface area contributed by atoms with Crippen molar-refractivity contribution in [2.24, 2.45) is 0 Å². The Balaban J connectivity index is 2.17. The van der Waals surface area contributed by atoms with Crippen molar-refractivity contribution >= 4 is 35.5 Å². The normalized spacial score (nSPS) is 14.2. The number of benzene rings is 1. The zero-order chi connectivity index (χ0) is 20.7. The number of esters is 1. The molecule has 0 radical (unpaired) electrons. The molecule has 1 aliphatic carbocycles. The van der Waals surface area contributed by atoms with Gasteiger partial charge in [0.05, 0.1) is 12.0 Å². The van der Waals surface area contributed by atoms with Gasteiger partial charge in [0.15, 0.2) is 12.9 Å². The number of hydrogen-bond acceptors (Lipinski definition) is 7. The van der Waals surface area contributed by atoms with Crippen LogP contribution >= 0.6 is 11.6 Å². The van der Waals surface area contributed by atoms with Gasteiger partial charge in [-0.25, -0.2) is 0 Å². The van der Waals surface area contributed by atoms with Crippen molar-refractivity contribution in [3.8, 4) is 5.75 Å². The van der Waals surface area contributed by atoms with E-state index in [0.717, 1.165) is 32.1 Å². The Hall–Kier alpha value is -2.68. The van der Waals surface area contributed by atoms with Crippen LogP contribution in [0.5, 0.6) is 5.75 Å². The van der Waals surface area contributed by atoms with E-state index in [1.54, 1.807) is 0 Å². The van der Waals surface area contributed by atoms with Crippen LogP contribution in [-0.4, -0.2) is 54.3 Å². The number of carbonyl (C=O) groups is 3. The fourth-order valence-electron chi connectivity index (χ4n) is 3.23. The van der Waals surface area contributed by atoms with Crippen LogP contribution in [0.2, 0.25) is 5.02 Å². The molecule has 1 aromatic carbocycles. The second kappa shape index (κ2) is 10.0. The lowest BCUT2D eigenvalue weighted by Gasteiger charge is -2.33. The van der Waals surface area contributed by atoms with E-state index in [1.165, 1.54) is 24.1 Å². The predicted molar refractivity (Wildman–Crippen MR) is 99.6 cm³/mol. The predicted octanol–water partition coefficient (Wildman–Crippen LogP) is 2.77. The second-order valence-corrected chi connectivity index (χ2v) is 6.77. The Morgan fingerprint density at radius 2 is 2.00 bits per heavy atom. The maximum absolute atomic E-state index is 12.7. The van der Waals surface area contributed by atoms with Crippen molar-refractivity contribution in [3.05, 3.63) is 32.8 Å². The molecule has 9 nitrogen and oxygen atoms in total. The molecule has 1 fully saturated rings. The summed E-state index contributed by atoms with van der Waals surface area (Å²) in [6.07, 6.45) is 4.79. The third-order valence-corrected chi connectivity index (χ3v) is 4.95. The molecule has 0 spiro atoms. The summed E-state index contributed by atoms with van der Waals surface area (Å²) >= 11 is 5.78. The van der Waals surface area contributed by atoms with Gasteiger partial charge in [0.25, 0.3) is 5.91 Å². The van der Waals surface area contributed by atoms with Crippen molar-refractivity contribution in [1.29, 1.82) is 0 Å². The molecule has 0 N–H and O–H groups in total. The number of aldehydes is 1. The number of methoxy groups -OCH3 is 1. The maximum atomic E-state index is 12.7. The number of hydrogen-bond donors (Lipinski definition) is 0. The van der Waals surface area contributed by atoms with E-state index >= 15 is 0 Å². The molecule has 0 heterocycles. The molecule has 2 rings (SSSR count). The van der Waals surface area contributed by atoms with Gasteiger partial charge in [-0.3, -0.25) is 24.5 Å². The third kappa shape index (κ3) is 5.19. The third-order valence-electron chi connectivity index (χ3n) is 4.64. The molecule has 152 valence electrons. The highest BCUT2D eigenvalue weighted by molar-refractivity contribution is 6.33. The van der Waals surface area contributed by atoms with Crippen LogP contribution in [0.4, 0.5) is 5.69 Å². The molecule has 0 aromatic heterocycles. The summed E-state index contributed by atoms with van der Waals surface area (Å²) in [6, 6.07) is 2.41. The standard InChI is InChI=1S/C18H21ClN2O7/c1-27-17(24)9-20(12-5-3-2-4-6-12)16(23)11-28-15-8-7-14(19)18(21(25)26)13(15)10-22/h7-8,10,12H,2-6,9,11H2,1H3. The highest BCUT2D eigenvalue weighted by Crippen LogP contribution is 2.34. The SMILES string of the molecule is COC(=O)CN(C(=O)COc1ccc(Cl)c([N+](=O)[O-])c1C=O)C1CCCCC1. The van der Waals surface area contributed by atoms with Crippen LogP contribution in [0.3, 0.4) is 0 Å². The Morgan fingerprint density at radius 3 is 2.57 bits per heavy atom. The van der Waals surface area contributed by atoms with Gasteiger partial charge < -0.3 is 14.4 Å². The number of nitro benzene ring substituents is 1. The van der Waals surface area contributed by atoms with E-state index in [4.69, 9.17) is 16.3 Å². The zero-order valence-electron chi connectivity index (χ0n) is 15.4. The smallest absolute Gasteiger partial charge is 0.325 e. The highest BCUT2D eigenvalue weighted by Gasteiger charge is 2.29. The minimum atomic E-state index is -0.785. The average molecular weight is 413 g/mol. The van der Waals surface area contributed by atoms with Gasteiger partial charge in [-0.15, -0.1) is 0 Å². The first-order valence-corrected chi connectivity index (χ1v) is 9.18. The molecular formula is C18H21ClN2O7. The van der Waals surface area contributed by atoms with Crippen LogP contribution < -0.4 is 4.74 Å². The molecule has 28 heavy (non-hydrogen) atoms. The van der Waals surface area contributed by atoms with Gasteiger partial charge in [-0.1, -0.05) is 30.9 Å². The zero-order valence-corrected chi connectivity index (χ0v) is 16.1. The first-order valence-electron chi connectivity index (χ1n) is 8.80. The lowest BCUT2D eigenvalue weighted by Crippen LogP contribution is -2.46. The van der Waals surface area contributed by atoms with Crippen molar-refractivity contribution in [3.63, 3.8) is 0 Å². The van der Waals surface area contributed by atoms with E-state index in [-0.39, 0.29) is 35.2 Å². The molecule has 10 heteroatoms. The van der Waals surface area contributed by atoms with E-state index in [2.05, 4.69) is 4.74 Å². The van der Waals surface area contributed by atoms with Crippen LogP contribution in [0.25, 0.3) is 0 Å². The fraction of sp³-hybridized carbons (Fsp3) is 0.500. The quantitative estimate of drug-likeness (QED) is 0.279. The maximum Gasteiger partial charge on any atom is 0.325 e.